The van der Waals surface area contributed by atoms with Crippen LogP contribution < -0.4 is 15.9 Å². The van der Waals surface area contributed by atoms with Crippen LogP contribution in [0.5, 0.6) is 0 Å². The summed E-state index contributed by atoms with van der Waals surface area (Å²) in [6, 6.07) is 32.9. The lowest BCUT2D eigenvalue weighted by Crippen LogP contribution is -2.38. The molecule has 4 aromatic rings. The summed E-state index contributed by atoms with van der Waals surface area (Å²) in [5, 5.41) is 2.22. The van der Waals surface area contributed by atoms with Gasteiger partial charge in [0.05, 0.1) is 5.69 Å². The third-order valence-electron chi connectivity index (χ3n) is 4.86. The van der Waals surface area contributed by atoms with E-state index in [1.165, 1.54) is 12.1 Å². The van der Waals surface area contributed by atoms with Crippen molar-refractivity contribution < 1.29 is 17.7 Å². The van der Waals surface area contributed by atoms with E-state index in [1.807, 2.05) is 18.2 Å². The highest BCUT2D eigenvalue weighted by Gasteiger charge is 2.55. The van der Waals surface area contributed by atoms with Gasteiger partial charge in [-0.3, -0.25) is 0 Å². The number of halogens is 4. The van der Waals surface area contributed by atoms with E-state index in [0.29, 0.717) is 15.9 Å². The number of nitrogens with zero attached hydrogens (tertiary/aromatic N) is 1. The van der Waals surface area contributed by atoms with Gasteiger partial charge < -0.3 is 4.52 Å². The molecule has 0 amide bonds. The summed E-state index contributed by atoms with van der Waals surface area (Å²) in [5.74, 6) is -1.32. The Balaban J connectivity index is 2.00. The quantitative estimate of drug-likeness (QED) is 0.172. The molecule has 7 heteroatoms. The molecule has 0 saturated heterocycles. The van der Waals surface area contributed by atoms with Crippen molar-refractivity contribution in [2.75, 3.05) is 0 Å². The number of alkyl halides is 3. The van der Waals surface area contributed by atoms with Crippen molar-refractivity contribution in [1.82, 2.24) is 0 Å². The summed E-state index contributed by atoms with van der Waals surface area (Å²) >= 11 is 5.98. The Morgan fingerprint density at radius 1 is 0.667 bits per heavy atom. The Kier molecular flexibility index (Phi) is 6.83. The van der Waals surface area contributed by atoms with E-state index in [2.05, 4.69) is 4.99 Å². The molecule has 0 N–H and O–H groups in total. The monoisotopic (exact) mass is 484 g/mol. The predicted octanol–water partition coefficient (Wildman–Crippen LogP) is 6.86. The molecule has 4 rings (SSSR count). The molecule has 0 fully saturated rings. The summed E-state index contributed by atoms with van der Waals surface area (Å²) in [5.41, 5.74) is 0.0575. The van der Waals surface area contributed by atoms with Gasteiger partial charge >= 0.3 is 12.1 Å². The molecule has 0 aromatic heterocycles. The van der Waals surface area contributed by atoms with Gasteiger partial charge in [-0.1, -0.05) is 72.3 Å². The molecular formula is C26H19ClF3NOP+. The minimum atomic E-state index is -4.83. The number of hydrogen-bond acceptors (Lipinski definition) is 2. The smallest absolute Gasteiger partial charge is 0.309 e. The number of hydrogen-bond donors (Lipinski definition) is 0. The molecule has 0 aliphatic heterocycles. The zero-order chi connectivity index (χ0) is 23.3. The molecule has 0 bridgehead atoms. The molecule has 0 atom stereocenters. The van der Waals surface area contributed by atoms with Crippen LogP contribution >= 0.6 is 19.1 Å². The fourth-order valence-corrected chi connectivity index (χ4v) is 7.02. The molecule has 166 valence electrons. The molecule has 0 radical (unpaired) electrons. The van der Waals surface area contributed by atoms with Crippen molar-refractivity contribution in [1.29, 1.82) is 0 Å². The van der Waals surface area contributed by atoms with Gasteiger partial charge in [0.25, 0.3) is 7.49 Å². The van der Waals surface area contributed by atoms with Crippen LogP contribution in [0.3, 0.4) is 0 Å². The first-order valence-electron chi connectivity index (χ1n) is 10.1. The van der Waals surface area contributed by atoms with Crippen molar-refractivity contribution in [3.05, 3.63) is 120 Å². The van der Waals surface area contributed by atoms with E-state index in [-0.39, 0.29) is 10.7 Å². The minimum Gasteiger partial charge on any atom is -0.309 e. The van der Waals surface area contributed by atoms with Crippen LogP contribution in [0.15, 0.2) is 120 Å². The van der Waals surface area contributed by atoms with Crippen LogP contribution in [0.2, 0.25) is 5.02 Å². The second-order valence-corrected chi connectivity index (χ2v) is 10.5. The van der Waals surface area contributed by atoms with Crippen molar-refractivity contribution in [2.45, 2.75) is 6.18 Å². The maximum atomic E-state index is 14.3. The summed E-state index contributed by atoms with van der Waals surface area (Å²) in [6.07, 6.45) is -4.83. The van der Waals surface area contributed by atoms with Gasteiger partial charge in [0, 0.05) is 5.02 Å². The highest BCUT2D eigenvalue weighted by atomic mass is 35.5. The first kappa shape index (κ1) is 23.0. The topological polar surface area (TPSA) is 21.6 Å². The second-order valence-electron chi connectivity index (χ2n) is 7.10. The van der Waals surface area contributed by atoms with Crippen molar-refractivity contribution in [2.24, 2.45) is 4.99 Å². The SMILES string of the molecule is FC(F)(F)C(=Nc1cccc(Cl)c1)O[P+](c1ccccc1)(c1ccccc1)c1ccccc1. The minimum absolute atomic E-state index is 0.0575. The lowest BCUT2D eigenvalue weighted by Gasteiger charge is -2.27. The highest BCUT2D eigenvalue weighted by Crippen LogP contribution is 2.57. The molecule has 0 spiro atoms. The van der Waals surface area contributed by atoms with E-state index in [0.717, 1.165) is 0 Å². The van der Waals surface area contributed by atoms with Crippen LogP contribution in [-0.2, 0) is 4.52 Å². The Labute approximate surface area is 195 Å². The number of benzene rings is 4. The molecule has 33 heavy (non-hydrogen) atoms. The zero-order valence-electron chi connectivity index (χ0n) is 17.3. The van der Waals surface area contributed by atoms with E-state index in [9.17, 15) is 13.2 Å². The molecule has 0 aliphatic carbocycles. The third-order valence-corrected chi connectivity index (χ3v) is 8.62. The van der Waals surface area contributed by atoms with Gasteiger partial charge in [-0.2, -0.15) is 13.2 Å². The molecular weight excluding hydrogens is 466 g/mol. The van der Waals surface area contributed by atoms with Crippen LogP contribution in [-0.4, -0.2) is 12.1 Å². The van der Waals surface area contributed by atoms with E-state index in [1.54, 1.807) is 84.9 Å². The van der Waals surface area contributed by atoms with E-state index in [4.69, 9.17) is 16.1 Å². The average molecular weight is 485 g/mol. The molecule has 0 saturated carbocycles. The average Bonchev–Trinajstić information content (AvgIpc) is 2.83. The molecule has 2 nitrogen and oxygen atoms in total. The van der Waals surface area contributed by atoms with Gasteiger partial charge in [-0.25, -0.2) is 4.99 Å². The van der Waals surface area contributed by atoms with Crippen molar-refractivity contribution >= 4 is 46.6 Å². The van der Waals surface area contributed by atoms with Gasteiger partial charge in [0.1, 0.15) is 15.9 Å². The predicted molar refractivity (Wildman–Crippen MR) is 131 cm³/mol. The van der Waals surface area contributed by atoms with Crippen LogP contribution in [0.4, 0.5) is 18.9 Å². The van der Waals surface area contributed by atoms with Gasteiger partial charge in [0.2, 0.25) is 0 Å². The molecule has 0 heterocycles. The molecule has 0 unspecified atom stereocenters. The zero-order valence-corrected chi connectivity index (χ0v) is 18.9. The normalized spacial score (nSPS) is 12.4. The van der Waals surface area contributed by atoms with E-state index < -0.39 is 19.6 Å². The largest absolute Gasteiger partial charge is 0.473 e. The van der Waals surface area contributed by atoms with Crippen LogP contribution in [0.1, 0.15) is 0 Å². The standard InChI is InChI=1S/C26H19ClF3NOP/c27-20-11-10-12-21(19-20)31-25(26(28,29)30)32-33(22-13-4-1-5-14-22,23-15-6-2-7-16-23)24-17-8-3-9-18-24/h1-19H/q+1. The summed E-state index contributed by atoms with van der Waals surface area (Å²) in [4.78, 5) is 3.86. The Morgan fingerprint density at radius 2 is 1.12 bits per heavy atom. The fraction of sp³-hybridized carbons (Fsp3) is 0.0385. The Hall–Kier alpha value is -3.14. The van der Waals surface area contributed by atoms with Crippen molar-refractivity contribution in [3.63, 3.8) is 0 Å². The number of rotatable bonds is 5. The lowest BCUT2D eigenvalue weighted by atomic mass is 10.3. The summed E-state index contributed by atoms with van der Waals surface area (Å²) in [7, 11) is -3.24. The van der Waals surface area contributed by atoms with Gasteiger partial charge in [0.15, 0.2) is 0 Å². The lowest BCUT2D eigenvalue weighted by molar-refractivity contribution is -0.0703. The number of aliphatic imine (C=N–C) groups is 1. The van der Waals surface area contributed by atoms with Gasteiger partial charge in [-0.05, 0) is 54.6 Å². The maximum Gasteiger partial charge on any atom is 0.473 e. The first-order chi connectivity index (χ1) is 15.9. The van der Waals surface area contributed by atoms with Crippen molar-refractivity contribution in [3.8, 4) is 0 Å². The Bertz CT molecular complexity index is 1140. The third kappa shape index (κ3) is 5.11. The molecule has 0 aliphatic rings. The Morgan fingerprint density at radius 3 is 1.52 bits per heavy atom. The second kappa shape index (κ2) is 9.78. The first-order valence-corrected chi connectivity index (χ1v) is 12.1. The van der Waals surface area contributed by atoms with Gasteiger partial charge in [-0.15, -0.1) is 0 Å². The maximum absolute atomic E-state index is 14.3. The summed E-state index contributed by atoms with van der Waals surface area (Å²) in [6.45, 7) is 0. The highest BCUT2D eigenvalue weighted by molar-refractivity contribution is 7.92. The van der Waals surface area contributed by atoms with E-state index >= 15 is 0 Å². The van der Waals surface area contributed by atoms with Crippen LogP contribution in [0.25, 0.3) is 0 Å². The molecule has 4 aromatic carbocycles. The summed E-state index contributed by atoms with van der Waals surface area (Å²) < 4.78 is 49.0. The van der Waals surface area contributed by atoms with Crippen LogP contribution in [0, 0.1) is 0 Å². The fourth-order valence-electron chi connectivity index (χ4n) is 3.45.